The second-order valence-corrected chi connectivity index (χ2v) is 5.02. The summed E-state index contributed by atoms with van der Waals surface area (Å²) < 4.78 is 2.34. The largest absolute Gasteiger partial charge is 0.346 e. The predicted octanol–water partition coefficient (Wildman–Crippen LogP) is 3.17. The first-order valence-corrected chi connectivity index (χ1v) is 6.61. The van der Waals surface area contributed by atoms with Gasteiger partial charge in [0.2, 0.25) is 0 Å². The zero-order valence-corrected chi connectivity index (χ0v) is 10.7. The minimum atomic E-state index is 0.553. The number of nitrogens with zero attached hydrogens (tertiary/aromatic N) is 1. The van der Waals surface area contributed by atoms with Gasteiger partial charge in [0.1, 0.15) is 0 Å². The van der Waals surface area contributed by atoms with E-state index in [9.17, 15) is 0 Å². The molecule has 2 aromatic rings. The van der Waals surface area contributed by atoms with Crippen LogP contribution in [0, 0.1) is 0 Å². The van der Waals surface area contributed by atoms with E-state index in [4.69, 9.17) is 0 Å². The van der Waals surface area contributed by atoms with Crippen molar-refractivity contribution in [1.29, 1.82) is 0 Å². The molecule has 2 nitrogen and oxygen atoms in total. The summed E-state index contributed by atoms with van der Waals surface area (Å²) in [5.74, 6) is 0. The highest BCUT2D eigenvalue weighted by Crippen LogP contribution is 2.28. The van der Waals surface area contributed by atoms with Crippen molar-refractivity contribution in [2.45, 2.75) is 32.2 Å². The molecule has 0 radical (unpaired) electrons. The minimum absolute atomic E-state index is 0.553. The first-order chi connectivity index (χ1) is 8.29. The number of fused-ring (bicyclic) bond motifs is 1. The molecule has 0 amide bonds. The van der Waals surface area contributed by atoms with E-state index < -0.39 is 0 Å². The van der Waals surface area contributed by atoms with Gasteiger partial charge in [0.25, 0.3) is 0 Å². The summed E-state index contributed by atoms with van der Waals surface area (Å²) >= 11 is 0. The number of aromatic nitrogens is 1. The predicted molar refractivity (Wildman–Crippen MR) is 72.3 cm³/mol. The molecule has 1 fully saturated rings. The maximum Gasteiger partial charge on any atom is 0.0480 e. The summed E-state index contributed by atoms with van der Waals surface area (Å²) in [7, 11) is 2.18. The molecule has 3 rings (SSSR count). The van der Waals surface area contributed by atoms with E-state index in [1.165, 1.54) is 35.0 Å². The summed E-state index contributed by atoms with van der Waals surface area (Å²) in [4.78, 5) is 0. The highest BCUT2D eigenvalue weighted by atomic mass is 15.0. The number of hydrogen-bond acceptors (Lipinski definition) is 1. The third-order valence-electron chi connectivity index (χ3n) is 3.97. The molecule has 1 aromatic carbocycles. The van der Waals surface area contributed by atoms with E-state index in [-0.39, 0.29) is 0 Å². The molecule has 1 atom stereocenters. The maximum absolute atomic E-state index is 3.58. The summed E-state index contributed by atoms with van der Waals surface area (Å²) in [6.45, 7) is 3.37. The molecule has 1 saturated heterocycles. The van der Waals surface area contributed by atoms with Gasteiger partial charge in [0, 0.05) is 29.7 Å². The van der Waals surface area contributed by atoms with Crippen molar-refractivity contribution in [2.24, 2.45) is 7.05 Å². The monoisotopic (exact) mass is 228 g/mol. The number of nitrogens with one attached hydrogen (secondary N) is 1. The molecule has 2 heterocycles. The van der Waals surface area contributed by atoms with Crippen molar-refractivity contribution in [1.82, 2.24) is 9.88 Å². The molecule has 1 aromatic heterocycles. The normalized spacial score (nSPS) is 20.2. The Kier molecular flexibility index (Phi) is 2.67. The van der Waals surface area contributed by atoms with Crippen LogP contribution in [0.25, 0.3) is 10.9 Å². The Bertz CT molecular complexity index is 533. The molecule has 0 bridgehead atoms. The van der Waals surface area contributed by atoms with Crippen LogP contribution in [-0.4, -0.2) is 11.1 Å². The topological polar surface area (TPSA) is 17.0 Å². The highest BCUT2D eigenvalue weighted by molar-refractivity contribution is 5.82. The van der Waals surface area contributed by atoms with E-state index in [1.807, 2.05) is 0 Å². The second kappa shape index (κ2) is 4.19. The molecule has 0 spiro atoms. The van der Waals surface area contributed by atoms with Gasteiger partial charge in [-0.3, -0.25) is 0 Å². The van der Waals surface area contributed by atoms with Crippen LogP contribution in [0.3, 0.4) is 0 Å². The van der Waals surface area contributed by atoms with Gasteiger partial charge in [-0.25, -0.2) is 0 Å². The quantitative estimate of drug-likeness (QED) is 0.835. The lowest BCUT2D eigenvalue weighted by Crippen LogP contribution is -2.15. The van der Waals surface area contributed by atoms with E-state index in [0.717, 1.165) is 13.0 Å². The molecule has 17 heavy (non-hydrogen) atoms. The molecular weight excluding hydrogens is 208 g/mol. The Labute approximate surface area is 103 Å². The van der Waals surface area contributed by atoms with Gasteiger partial charge in [0.05, 0.1) is 0 Å². The van der Waals surface area contributed by atoms with Crippen LogP contribution >= 0.6 is 0 Å². The first kappa shape index (κ1) is 10.8. The van der Waals surface area contributed by atoms with E-state index in [2.05, 4.69) is 48.1 Å². The third kappa shape index (κ3) is 1.77. The lowest BCUT2D eigenvalue weighted by Gasteiger charge is -2.11. The molecular formula is C15H20N2. The van der Waals surface area contributed by atoms with E-state index in [1.54, 1.807) is 0 Å². The van der Waals surface area contributed by atoms with Crippen LogP contribution in [0.1, 0.15) is 37.1 Å². The van der Waals surface area contributed by atoms with Crippen molar-refractivity contribution in [3.05, 3.63) is 35.5 Å². The Hall–Kier alpha value is -1.28. The van der Waals surface area contributed by atoms with Gasteiger partial charge in [-0.05, 0) is 49.6 Å². The Morgan fingerprint density at radius 1 is 1.35 bits per heavy atom. The molecule has 90 valence electrons. The van der Waals surface area contributed by atoms with E-state index in [0.29, 0.717) is 6.04 Å². The lowest BCUT2D eigenvalue weighted by molar-refractivity contribution is 0.604. The highest BCUT2D eigenvalue weighted by Gasteiger charge is 2.19. The zero-order chi connectivity index (χ0) is 11.8. The fourth-order valence-electron chi connectivity index (χ4n) is 2.91. The fraction of sp³-hybridized carbons (Fsp3) is 0.467. The molecule has 2 heteroatoms. The number of aryl methyl sites for hydroxylation is 2. The van der Waals surface area contributed by atoms with Crippen molar-refractivity contribution >= 4 is 10.9 Å². The molecule has 1 N–H and O–H groups in total. The van der Waals surface area contributed by atoms with Gasteiger partial charge < -0.3 is 9.88 Å². The second-order valence-electron chi connectivity index (χ2n) is 5.02. The fourth-order valence-corrected chi connectivity index (χ4v) is 2.91. The average Bonchev–Trinajstić information content (AvgIpc) is 2.97. The lowest BCUT2D eigenvalue weighted by atomic mass is 10.1. The minimum Gasteiger partial charge on any atom is -0.346 e. The molecule has 1 aliphatic rings. The molecule has 1 aliphatic heterocycles. The summed E-state index contributed by atoms with van der Waals surface area (Å²) in [6.07, 6.45) is 3.68. The van der Waals surface area contributed by atoms with Crippen LogP contribution in [0.2, 0.25) is 0 Å². The van der Waals surface area contributed by atoms with Crippen molar-refractivity contribution in [3.8, 4) is 0 Å². The Balaban J connectivity index is 2.10. The van der Waals surface area contributed by atoms with Gasteiger partial charge in [-0.15, -0.1) is 0 Å². The number of benzene rings is 1. The van der Waals surface area contributed by atoms with E-state index >= 15 is 0 Å². The van der Waals surface area contributed by atoms with Gasteiger partial charge in [-0.2, -0.15) is 0 Å². The smallest absolute Gasteiger partial charge is 0.0480 e. The van der Waals surface area contributed by atoms with Crippen LogP contribution in [0.5, 0.6) is 0 Å². The van der Waals surface area contributed by atoms with Gasteiger partial charge >= 0.3 is 0 Å². The molecule has 1 unspecified atom stereocenters. The van der Waals surface area contributed by atoms with Gasteiger partial charge in [0.15, 0.2) is 0 Å². The van der Waals surface area contributed by atoms with Crippen molar-refractivity contribution < 1.29 is 0 Å². The van der Waals surface area contributed by atoms with Crippen LogP contribution in [-0.2, 0) is 13.5 Å². The third-order valence-corrected chi connectivity index (χ3v) is 3.97. The SMILES string of the molecule is CCc1ccc2c(c1)cc(C1CCCN1)n2C. The molecule has 0 saturated carbocycles. The first-order valence-electron chi connectivity index (χ1n) is 6.61. The van der Waals surface area contributed by atoms with Crippen molar-refractivity contribution in [3.63, 3.8) is 0 Å². The Morgan fingerprint density at radius 3 is 2.94 bits per heavy atom. The van der Waals surface area contributed by atoms with Crippen LogP contribution < -0.4 is 5.32 Å². The van der Waals surface area contributed by atoms with Crippen LogP contribution in [0.4, 0.5) is 0 Å². The maximum atomic E-state index is 3.58. The number of hydrogen-bond donors (Lipinski definition) is 1. The zero-order valence-electron chi connectivity index (χ0n) is 10.7. The van der Waals surface area contributed by atoms with Crippen molar-refractivity contribution in [2.75, 3.05) is 6.54 Å². The summed E-state index contributed by atoms with van der Waals surface area (Å²) in [5, 5.41) is 4.97. The summed E-state index contributed by atoms with van der Waals surface area (Å²) in [5.41, 5.74) is 4.21. The van der Waals surface area contributed by atoms with Gasteiger partial charge in [-0.1, -0.05) is 13.0 Å². The number of rotatable bonds is 2. The Morgan fingerprint density at radius 2 is 2.24 bits per heavy atom. The standard InChI is InChI=1S/C15H20N2/c1-3-11-6-7-14-12(9-11)10-15(17(14)2)13-5-4-8-16-13/h6-7,9-10,13,16H,3-5,8H2,1-2H3. The molecule has 0 aliphatic carbocycles. The van der Waals surface area contributed by atoms with Crippen LogP contribution in [0.15, 0.2) is 24.3 Å². The average molecular weight is 228 g/mol. The summed E-state index contributed by atoms with van der Waals surface area (Å²) in [6, 6.07) is 9.74.